The van der Waals surface area contributed by atoms with E-state index in [0.717, 1.165) is 18.2 Å². The summed E-state index contributed by atoms with van der Waals surface area (Å²) >= 11 is 6.50. The highest BCUT2D eigenvalue weighted by Crippen LogP contribution is 2.29. The van der Waals surface area contributed by atoms with Crippen molar-refractivity contribution in [3.05, 3.63) is 51.2 Å². The van der Waals surface area contributed by atoms with Crippen molar-refractivity contribution < 1.29 is 12.8 Å². The highest BCUT2D eigenvalue weighted by atomic mass is 79.9. The number of anilines is 2. The van der Waals surface area contributed by atoms with Gasteiger partial charge >= 0.3 is 0 Å². The second kappa shape index (κ2) is 5.71. The van der Waals surface area contributed by atoms with Crippen molar-refractivity contribution in [3.63, 3.8) is 0 Å². The average molecular weight is 424 g/mol. The van der Waals surface area contributed by atoms with Gasteiger partial charge in [0, 0.05) is 8.95 Å². The van der Waals surface area contributed by atoms with Crippen LogP contribution in [0.4, 0.5) is 15.8 Å². The van der Waals surface area contributed by atoms with Crippen LogP contribution in [0.3, 0.4) is 0 Å². The molecule has 106 valence electrons. The Morgan fingerprint density at radius 2 is 1.80 bits per heavy atom. The molecule has 3 N–H and O–H groups in total. The summed E-state index contributed by atoms with van der Waals surface area (Å²) in [4.78, 5) is -0.175. The number of nitrogens with one attached hydrogen (secondary N) is 1. The van der Waals surface area contributed by atoms with Gasteiger partial charge in [-0.3, -0.25) is 4.72 Å². The lowest BCUT2D eigenvalue weighted by molar-refractivity contribution is 0.600. The first-order valence-corrected chi connectivity index (χ1v) is 8.39. The zero-order valence-corrected chi connectivity index (χ0v) is 13.9. The molecular weight excluding hydrogens is 415 g/mol. The molecule has 0 saturated heterocycles. The van der Waals surface area contributed by atoms with Crippen molar-refractivity contribution in [2.45, 2.75) is 4.90 Å². The van der Waals surface area contributed by atoms with Crippen LogP contribution in [0.5, 0.6) is 0 Å². The van der Waals surface area contributed by atoms with Crippen LogP contribution in [0, 0.1) is 5.82 Å². The van der Waals surface area contributed by atoms with Crippen molar-refractivity contribution >= 4 is 53.3 Å². The highest BCUT2D eigenvalue weighted by molar-refractivity contribution is 9.11. The van der Waals surface area contributed by atoms with Crippen molar-refractivity contribution in [2.24, 2.45) is 0 Å². The maximum Gasteiger partial charge on any atom is 0.263 e. The lowest BCUT2D eigenvalue weighted by Gasteiger charge is -2.11. The Morgan fingerprint density at radius 3 is 2.45 bits per heavy atom. The van der Waals surface area contributed by atoms with Crippen molar-refractivity contribution in [1.29, 1.82) is 0 Å². The Bertz CT molecular complexity index is 766. The fourth-order valence-corrected chi connectivity index (χ4v) is 3.56. The third-order valence-corrected chi connectivity index (χ3v) is 5.06. The predicted octanol–water partition coefficient (Wildman–Crippen LogP) is 3.73. The first kappa shape index (κ1) is 15.3. The lowest BCUT2D eigenvalue weighted by Crippen LogP contribution is -2.15. The first-order valence-electron chi connectivity index (χ1n) is 5.32. The summed E-state index contributed by atoms with van der Waals surface area (Å²) in [6.45, 7) is 0. The minimum absolute atomic E-state index is 0.149. The third kappa shape index (κ3) is 3.31. The van der Waals surface area contributed by atoms with E-state index in [9.17, 15) is 12.8 Å². The summed E-state index contributed by atoms with van der Waals surface area (Å²) in [6.07, 6.45) is 0. The van der Waals surface area contributed by atoms with Gasteiger partial charge in [0.05, 0.1) is 11.4 Å². The summed E-state index contributed by atoms with van der Waals surface area (Å²) in [5.41, 5.74) is 5.75. The maximum atomic E-state index is 13.0. The van der Waals surface area contributed by atoms with Crippen molar-refractivity contribution in [1.82, 2.24) is 0 Å². The Kier molecular flexibility index (Phi) is 4.36. The monoisotopic (exact) mass is 422 g/mol. The van der Waals surface area contributed by atoms with Gasteiger partial charge in [0.15, 0.2) is 0 Å². The van der Waals surface area contributed by atoms with Crippen LogP contribution in [0.1, 0.15) is 0 Å². The van der Waals surface area contributed by atoms with Crippen LogP contribution < -0.4 is 10.5 Å². The van der Waals surface area contributed by atoms with E-state index in [2.05, 4.69) is 36.6 Å². The minimum atomic E-state index is -3.89. The molecule has 2 aromatic carbocycles. The molecular formula is C12H9Br2FN2O2S. The molecule has 0 spiro atoms. The molecule has 0 heterocycles. The van der Waals surface area contributed by atoms with Crippen LogP contribution in [0.25, 0.3) is 0 Å². The number of nitrogens with two attached hydrogens (primary N) is 1. The van der Waals surface area contributed by atoms with E-state index < -0.39 is 15.8 Å². The summed E-state index contributed by atoms with van der Waals surface area (Å²) in [5, 5.41) is 0. The molecule has 0 aliphatic carbocycles. The quantitative estimate of drug-likeness (QED) is 0.738. The predicted molar refractivity (Wildman–Crippen MR) is 83.5 cm³/mol. The van der Waals surface area contributed by atoms with Gasteiger partial charge in [0.25, 0.3) is 10.0 Å². The van der Waals surface area contributed by atoms with Crippen LogP contribution in [-0.2, 0) is 10.0 Å². The van der Waals surface area contributed by atoms with E-state index in [4.69, 9.17) is 5.73 Å². The number of hydrogen-bond acceptors (Lipinski definition) is 3. The molecule has 0 radical (unpaired) electrons. The molecule has 0 aliphatic rings. The molecule has 20 heavy (non-hydrogen) atoms. The number of sulfonamides is 1. The highest BCUT2D eigenvalue weighted by Gasteiger charge is 2.19. The molecule has 0 amide bonds. The Morgan fingerprint density at radius 1 is 1.10 bits per heavy atom. The van der Waals surface area contributed by atoms with Crippen molar-refractivity contribution in [2.75, 3.05) is 10.5 Å². The van der Waals surface area contributed by atoms with E-state index in [1.807, 2.05) is 0 Å². The summed E-state index contributed by atoms with van der Waals surface area (Å²) in [6, 6.07) is 8.18. The van der Waals surface area contributed by atoms with E-state index in [1.54, 1.807) is 18.2 Å². The van der Waals surface area contributed by atoms with Gasteiger partial charge < -0.3 is 5.73 Å². The number of benzene rings is 2. The maximum absolute atomic E-state index is 13.0. The van der Waals surface area contributed by atoms with Gasteiger partial charge in [-0.15, -0.1) is 0 Å². The van der Waals surface area contributed by atoms with E-state index in [0.29, 0.717) is 14.6 Å². The molecule has 0 bridgehead atoms. The zero-order chi connectivity index (χ0) is 14.9. The molecule has 0 unspecified atom stereocenters. The molecule has 8 heteroatoms. The fourth-order valence-electron chi connectivity index (χ4n) is 1.54. The Balaban J connectivity index is 2.43. The van der Waals surface area contributed by atoms with E-state index in [1.165, 1.54) is 0 Å². The van der Waals surface area contributed by atoms with Crippen LogP contribution in [0.15, 0.2) is 50.2 Å². The van der Waals surface area contributed by atoms with Gasteiger partial charge in [-0.2, -0.15) is 0 Å². The summed E-state index contributed by atoms with van der Waals surface area (Å²) in [5.74, 6) is -0.593. The standard InChI is InChI=1S/C12H9Br2FN2O2S/c13-7-1-3-9(14)11(5-7)17-20(18,19)12-4-2-8(15)6-10(12)16/h1-6,17H,16H2. The second-order valence-electron chi connectivity index (χ2n) is 3.91. The molecule has 2 rings (SSSR count). The number of hydrogen-bond donors (Lipinski definition) is 2. The smallest absolute Gasteiger partial charge is 0.263 e. The topological polar surface area (TPSA) is 72.2 Å². The second-order valence-corrected chi connectivity index (χ2v) is 7.33. The lowest BCUT2D eigenvalue weighted by atomic mass is 10.3. The van der Waals surface area contributed by atoms with Crippen molar-refractivity contribution in [3.8, 4) is 0 Å². The molecule has 2 aromatic rings. The van der Waals surface area contributed by atoms with Gasteiger partial charge in [-0.25, -0.2) is 12.8 Å². The number of halogens is 3. The molecule has 0 saturated carbocycles. The first-order chi connectivity index (χ1) is 9.29. The fraction of sp³-hybridized carbons (Fsp3) is 0. The molecule has 0 aromatic heterocycles. The van der Waals surface area contributed by atoms with Gasteiger partial charge in [0.1, 0.15) is 10.7 Å². The van der Waals surface area contributed by atoms with E-state index in [-0.39, 0.29) is 10.6 Å². The zero-order valence-electron chi connectivity index (χ0n) is 9.90. The Hall–Kier alpha value is -1.12. The molecule has 0 fully saturated rings. The minimum Gasteiger partial charge on any atom is -0.398 e. The number of nitrogen functional groups attached to an aromatic ring is 1. The summed E-state index contributed by atoms with van der Waals surface area (Å²) in [7, 11) is -3.89. The average Bonchev–Trinajstić information content (AvgIpc) is 2.33. The largest absolute Gasteiger partial charge is 0.398 e. The van der Waals surface area contributed by atoms with E-state index >= 15 is 0 Å². The molecule has 0 atom stereocenters. The normalized spacial score (nSPS) is 11.3. The van der Waals surface area contributed by atoms with Gasteiger partial charge in [-0.1, -0.05) is 15.9 Å². The van der Waals surface area contributed by atoms with Crippen LogP contribution in [0.2, 0.25) is 0 Å². The molecule has 4 nitrogen and oxygen atoms in total. The van der Waals surface area contributed by atoms with Gasteiger partial charge in [-0.05, 0) is 52.3 Å². The number of rotatable bonds is 3. The van der Waals surface area contributed by atoms with Crippen LogP contribution >= 0.6 is 31.9 Å². The summed E-state index contributed by atoms with van der Waals surface area (Å²) < 4.78 is 41.2. The van der Waals surface area contributed by atoms with Crippen LogP contribution in [-0.4, -0.2) is 8.42 Å². The SMILES string of the molecule is Nc1cc(F)ccc1S(=O)(=O)Nc1cc(Br)ccc1Br. The molecule has 0 aliphatic heterocycles. The van der Waals surface area contributed by atoms with Gasteiger partial charge in [0.2, 0.25) is 0 Å². The Labute approximate surface area is 132 Å². The third-order valence-electron chi connectivity index (χ3n) is 2.43.